The van der Waals surface area contributed by atoms with Crippen molar-refractivity contribution < 1.29 is 27.5 Å². The van der Waals surface area contributed by atoms with Gasteiger partial charge in [-0.3, -0.25) is 9.78 Å². The summed E-state index contributed by atoms with van der Waals surface area (Å²) in [5.74, 6) is -0.655. The highest BCUT2D eigenvalue weighted by Gasteiger charge is 2.33. The molecule has 0 spiro atoms. The Morgan fingerprint density at radius 1 is 0.872 bits per heavy atom. The van der Waals surface area contributed by atoms with Crippen LogP contribution in [-0.4, -0.2) is 30.0 Å². The smallest absolute Gasteiger partial charge is 0.418 e. The van der Waals surface area contributed by atoms with Crippen molar-refractivity contribution in [1.29, 1.82) is 0 Å². The zero-order valence-corrected chi connectivity index (χ0v) is 26.4. The van der Waals surface area contributed by atoms with Gasteiger partial charge in [-0.25, -0.2) is 4.79 Å². The number of pyridine rings is 1. The van der Waals surface area contributed by atoms with Crippen molar-refractivity contribution in [2.24, 2.45) is 5.92 Å². The number of nitrogens with one attached hydrogen (secondary N) is 2. The van der Waals surface area contributed by atoms with Crippen LogP contribution < -0.4 is 10.6 Å². The van der Waals surface area contributed by atoms with E-state index < -0.39 is 23.8 Å². The zero-order valence-electron chi connectivity index (χ0n) is 26.4. The Labute approximate surface area is 272 Å². The molecule has 47 heavy (non-hydrogen) atoms. The Hall–Kier alpha value is -5.18. The van der Waals surface area contributed by atoms with Crippen molar-refractivity contribution in [2.75, 3.05) is 12.4 Å². The summed E-state index contributed by atoms with van der Waals surface area (Å²) in [5.41, 5.74) is 4.56. The number of alkyl halides is 3. The predicted molar refractivity (Wildman–Crippen MR) is 178 cm³/mol. The molecule has 1 amide bonds. The van der Waals surface area contributed by atoms with Crippen LogP contribution in [0, 0.1) is 5.92 Å². The monoisotopic (exact) mass is 639 g/mol. The van der Waals surface area contributed by atoms with Gasteiger partial charge >= 0.3 is 12.1 Å². The fourth-order valence-corrected chi connectivity index (χ4v) is 5.62. The van der Waals surface area contributed by atoms with E-state index >= 15 is 0 Å². The molecule has 5 aromatic rings. The Bertz CT molecular complexity index is 1860. The number of amides is 1. The molecule has 1 atom stereocenters. The number of aromatic nitrogens is 1. The average molecular weight is 640 g/mol. The van der Waals surface area contributed by atoms with Gasteiger partial charge in [0.2, 0.25) is 0 Å². The van der Waals surface area contributed by atoms with Gasteiger partial charge in [0.15, 0.2) is 0 Å². The summed E-state index contributed by atoms with van der Waals surface area (Å²) in [7, 11) is 1.30. The van der Waals surface area contributed by atoms with E-state index in [1.165, 1.54) is 13.2 Å². The standard InChI is InChI=1S/C38H36F3N3O3/c1-24(2)19-33(37(46)47-3)44-36(45)27-17-15-26(16-18-27)22-42-30-12-7-11-28(21-30)34-29(20-25-9-5-4-6-10-25)23-43-35-31(34)13-8-14-32(35)38(39,40)41/h4-18,21,23-24,33,42H,19-20,22H2,1-3H3,(H,44,45)/t33-/m1/s1. The zero-order chi connectivity index (χ0) is 33.6. The Balaban J connectivity index is 1.39. The largest absolute Gasteiger partial charge is 0.467 e. The van der Waals surface area contributed by atoms with Crippen LogP contribution in [0.25, 0.3) is 22.0 Å². The highest BCUT2D eigenvalue weighted by molar-refractivity contribution is 5.98. The summed E-state index contributed by atoms with van der Waals surface area (Å²) >= 11 is 0. The lowest BCUT2D eigenvalue weighted by molar-refractivity contribution is -0.143. The molecule has 0 aliphatic heterocycles. The van der Waals surface area contributed by atoms with Gasteiger partial charge in [0.05, 0.1) is 18.2 Å². The summed E-state index contributed by atoms with van der Waals surface area (Å²) in [5, 5.41) is 6.59. The lowest BCUT2D eigenvalue weighted by atomic mass is 9.91. The minimum absolute atomic E-state index is 0.0867. The number of carbonyl (C=O) groups excluding carboxylic acids is 2. The number of ether oxygens (including phenoxy) is 1. The van der Waals surface area contributed by atoms with Gasteiger partial charge in [-0.05, 0) is 76.9 Å². The van der Waals surface area contributed by atoms with Crippen LogP contribution in [0.1, 0.15) is 52.9 Å². The van der Waals surface area contributed by atoms with E-state index in [1.807, 2.05) is 80.6 Å². The molecular formula is C38H36F3N3O3. The number of carbonyl (C=O) groups is 2. The summed E-state index contributed by atoms with van der Waals surface area (Å²) in [6.45, 7) is 4.37. The molecule has 4 aromatic carbocycles. The minimum Gasteiger partial charge on any atom is -0.467 e. The summed E-state index contributed by atoms with van der Waals surface area (Å²) in [6.07, 6.45) is -2.02. The SMILES string of the molecule is COC(=O)[C@@H](CC(C)C)NC(=O)c1ccc(CNc2cccc(-c3c(Cc4ccccc4)cnc4c(C(F)(F)F)cccc34)c2)cc1. The van der Waals surface area contributed by atoms with E-state index in [-0.39, 0.29) is 17.3 Å². The van der Waals surface area contributed by atoms with Gasteiger partial charge in [0.1, 0.15) is 6.04 Å². The maximum atomic E-state index is 14.0. The number of hydrogen-bond donors (Lipinski definition) is 2. The highest BCUT2D eigenvalue weighted by Crippen LogP contribution is 2.39. The fraction of sp³-hybridized carbons (Fsp3) is 0.237. The fourth-order valence-electron chi connectivity index (χ4n) is 5.62. The van der Waals surface area contributed by atoms with E-state index in [0.717, 1.165) is 34.0 Å². The lowest BCUT2D eigenvalue weighted by Crippen LogP contribution is -2.42. The van der Waals surface area contributed by atoms with Crippen LogP contribution in [0.2, 0.25) is 0 Å². The molecule has 0 bridgehead atoms. The third-order valence-electron chi connectivity index (χ3n) is 7.88. The molecule has 0 unspecified atom stereocenters. The van der Waals surface area contributed by atoms with Crippen molar-refractivity contribution >= 4 is 28.5 Å². The molecule has 0 aliphatic rings. The lowest BCUT2D eigenvalue weighted by Gasteiger charge is -2.18. The normalized spacial score (nSPS) is 12.1. The average Bonchev–Trinajstić information content (AvgIpc) is 3.06. The van der Waals surface area contributed by atoms with E-state index in [0.29, 0.717) is 35.9 Å². The molecule has 0 saturated heterocycles. The molecule has 5 rings (SSSR count). The summed E-state index contributed by atoms with van der Waals surface area (Å²) in [4.78, 5) is 29.3. The molecule has 1 heterocycles. The van der Waals surface area contributed by atoms with Gasteiger partial charge in [0, 0.05) is 29.4 Å². The van der Waals surface area contributed by atoms with E-state index in [2.05, 4.69) is 15.6 Å². The molecule has 242 valence electrons. The quantitative estimate of drug-likeness (QED) is 0.142. The van der Waals surface area contributed by atoms with Crippen molar-refractivity contribution in [3.05, 3.63) is 131 Å². The van der Waals surface area contributed by atoms with Gasteiger partial charge < -0.3 is 15.4 Å². The third kappa shape index (κ3) is 8.16. The molecule has 2 N–H and O–H groups in total. The van der Waals surface area contributed by atoms with Gasteiger partial charge in [0.25, 0.3) is 5.91 Å². The van der Waals surface area contributed by atoms with Crippen LogP contribution in [0.3, 0.4) is 0 Å². The van der Waals surface area contributed by atoms with Crippen LogP contribution in [0.15, 0.2) is 103 Å². The number of halogens is 3. The molecule has 9 heteroatoms. The third-order valence-corrected chi connectivity index (χ3v) is 7.88. The molecule has 0 radical (unpaired) electrons. The van der Waals surface area contributed by atoms with Crippen molar-refractivity contribution in [3.63, 3.8) is 0 Å². The Morgan fingerprint density at radius 2 is 1.60 bits per heavy atom. The first kappa shape index (κ1) is 33.2. The molecular weight excluding hydrogens is 603 g/mol. The Morgan fingerprint density at radius 3 is 2.28 bits per heavy atom. The number of para-hydroxylation sites is 1. The number of rotatable bonds is 11. The molecule has 6 nitrogen and oxygen atoms in total. The first-order chi connectivity index (χ1) is 22.5. The molecule has 0 fully saturated rings. The summed E-state index contributed by atoms with van der Waals surface area (Å²) < 4.78 is 46.7. The minimum atomic E-state index is -4.54. The maximum absolute atomic E-state index is 14.0. The second kappa shape index (κ2) is 14.5. The number of methoxy groups -OCH3 is 1. The van der Waals surface area contributed by atoms with Crippen molar-refractivity contribution in [1.82, 2.24) is 10.3 Å². The maximum Gasteiger partial charge on any atom is 0.418 e. The predicted octanol–water partition coefficient (Wildman–Crippen LogP) is 8.44. The van der Waals surface area contributed by atoms with E-state index in [1.54, 1.807) is 24.4 Å². The second-order valence-electron chi connectivity index (χ2n) is 11.8. The van der Waals surface area contributed by atoms with Crippen LogP contribution in [-0.2, 0) is 28.7 Å². The van der Waals surface area contributed by atoms with E-state index in [9.17, 15) is 22.8 Å². The number of anilines is 1. The van der Waals surface area contributed by atoms with Crippen molar-refractivity contribution in [2.45, 2.75) is 45.5 Å². The van der Waals surface area contributed by atoms with Crippen molar-refractivity contribution in [3.8, 4) is 11.1 Å². The van der Waals surface area contributed by atoms with E-state index in [4.69, 9.17) is 4.74 Å². The number of hydrogen-bond acceptors (Lipinski definition) is 5. The summed E-state index contributed by atoms with van der Waals surface area (Å²) in [6, 6.07) is 27.8. The molecule has 0 saturated carbocycles. The topological polar surface area (TPSA) is 80.3 Å². The Kier molecular flexibility index (Phi) is 10.2. The highest BCUT2D eigenvalue weighted by atomic mass is 19.4. The van der Waals surface area contributed by atoms with Crippen LogP contribution in [0.4, 0.5) is 18.9 Å². The van der Waals surface area contributed by atoms with Crippen LogP contribution >= 0.6 is 0 Å². The first-order valence-electron chi connectivity index (χ1n) is 15.4. The molecule has 0 aliphatic carbocycles. The number of fused-ring (bicyclic) bond motifs is 1. The van der Waals surface area contributed by atoms with Gasteiger partial charge in [-0.2, -0.15) is 13.2 Å². The van der Waals surface area contributed by atoms with Gasteiger partial charge in [-0.15, -0.1) is 0 Å². The number of esters is 1. The number of benzene rings is 4. The van der Waals surface area contributed by atoms with Gasteiger partial charge in [-0.1, -0.05) is 80.6 Å². The number of nitrogens with zero attached hydrogens (tertiary/aromatic N) is 1. The second-order valence-corrected chi connectivity index (χ2v) is 11.8. The first-order valence-corrected chi connectivity index (χ1v) is 15.4. The van der Waals surface area contributed by atoms with Crippen LogP contribution in [0.5, 0.6) is 0 Å². The molecule has 1 aromatic heterocycles.